The summed E-state index contributed by atoms with van der Waals surface area (Å²) in [6.45, 7) is 6.50. The summed E-state index contributed by atoms with van der Waals surface area (Å²) >= 11 is 0. The Hall–Kier alpha value is -0.530. The number of ether oxygens (including phenoxy) is 1. The van der Waals surface area contributed by atoms with Crippen LogP contribution in [0.25, 0.3) is 0 Å². The van der Waals surface area contributed by atoms with E-state index in [0.717, 1.165) is 25.7 Å². The van der Waals surface area contributed by atoms with Gasteiger partial charge >= 0.3 is 5.97 Å². The lowest BCUT2D eigenvalue weighted by atomic mass is 10.1. The fourth-order valence-corrected chi connectivity index (χ4v) is 2.09. The van der Waals surface area contributed by atoms with Crippen molar-refractivity contribution in [2.24, 2.45) is 0 Å². The van der Waals surface area contributed by atoms with Crippen LogP contribution in [0.5, 0.6) is 0 Å². The summed E-state index contributed by atoms with van der Waals surface area (Å²) in [5.41, 5.74) is 0. The molecule has 0 bridgehead atoms. The van der Waals surface area contributed by atoms with E-state index in [2.05, 4.69) is 20.8 Å². The van der Waals surface area contributed by atoms with E-state index in [9.17, 15) is 4.79 Å². The lowest BCUT2D eigenvalue weighted by Gasteiger charge is -2.16. The van der Waals surface area contributed by atoms with E-state index >= 15 is 0 Å². The first-order valence-corrected chi connectivity index (χ1v) is 7.94. The van der Waals surface area contributed by atoms with Crippen molar-refractivity contribution in [3.63, 3.8) is 0 Å². The van der Waals surface area contributed by atoms with E-state index in [1.165, 1.54) is 38.5 Å². The van der Waals surface area contributed by atoms with Gasteiger partial charge in [0.15, 0.2) is 0 Å². The zero-order valence-electron chi connectivity index (χ0n) is 12.7. The molecule has 0 aromatic heterocycles. The molecular weight excluding hydrogens is 224 g/mol. The second-order valence-electron chi connectivity index (χ2n) is 5.18. The Morgan fingerprint density at radius 1 is 0.889 bits per heavy atom. The molecular formula is C16H32O2. The monoisotopic (exact) mass is 256 g/mol. The van der Waals surface area contributed by atoms with Gasteiger partial charge in [-0.2, -0.15) is 0 Å². The zero-order valence-corrected chi connectivity index (χ0v) is 12.7. The highest BCUT2D eigenvalue weighted by Crippen LogP contribution is 2.13. The topological polar surface area (TPSA) is 26.3 Å². The van der Waals surface area contributed by atoms with Crippen LogP contribution in [-0.2, 0) is 9.53 Å². The van der Waals surface area contributed by atoms with Gasteiger partial charge in [0.1, 0.15) is 6.10 Å². The molecule has 0 heterocycles. The van der Waals surface area contributed by atoms with Crippen molar-refractivity contribution < 1.29 is 9.53 Å². The molecule has 0 aromatic carbocycles. The van der Waals surface area contributed by atoms with Crippen LogP contribution in [0.4, 0.5) is 0 Å². The van der Waals surface area contributed by atoms with Crippen molar-refractivity contribution in [2.45, 2.75) is 97.5 Å². The number of unbranched alkanes of at least 4 members (excludes halogenated alkanes) is 6. The van der Waals surface area contributed by atoms with Crippen molar-refractivity contribution >= 4 is 5.97 Å². The van der Waals surface area contributed by atoms with Gasteiger partial charge in [0, 0.05) is 6.42 Å². The zero-order chi connectivity index (χ0) is 13.6. The highest BCUT2D eigenvalue weighted by molar-refractivity contribution is 5.69. The smallest absolute Gasteiger partial charge is 0.306 e. The Morgan fingerprint density at radius 3 is 2.06 bits per heavy atom. The van der Waals surface area contributed by atoms with Crippen LogP contribution < -0.4 is 0 Å². The van der Waals surface area contributed by atoms with E-state index in [0.29, 0.717) is 6.42 Å². The maximum atomic E-state index is 11.6. The van der Waals surface area contributed by atoms with Crippen LogP contribution in [-0.4, -0.2) is 12.1 Å². The standard InChI is InChI=1S/C16H32O2/c1-4-7-9-11-13-15(6-3)18-16(17)14-12-10-8-5-2/h15H,4-14H2,1-3H3/t15-/m0/s1. The van der Waals surface area contributed by atoms with Gasteiger partial charge in [-0.15, -0.1) is 0 Å². The highest BCUT2D eigenvalue weighted by Gasteiger charge is 2.11. The quantitative estimate of drug-likeness (QED) is 0.352. The molecule has 0 aliphatic heterocycles. The summed E-state index contributed by atoms with van der Waals surface area (Å²) in [4.78, 5) is 11.6. The maximum Gasteiger partial charge on any atom is 0.306 e. The van der Waals surface area contributed by atoms with E-state index in [1.807, 2.05) is 0 Å². The number of rotatable bonds is 12. The lowest BCUT2D eigenvalue weighted by molar-refractivity contribution is -0.149. The minimum absolute atomic E-state index is 0.00782. The molecule has 0 rings (SSSR count). The summed E-state index contributed by atoms with van der Waals surface area (Å²) in [5.74, 6) is 0.00782. The average Bonchev–Trinajstić information content (AvgIpc) is 2.38. The number of hydrogen-bond acceptors (Lipinski definition) is 2. The summed E-state index contributed by atoms with van der Waals surface area (Å²) in [6.07, 6.45) is 12.3. The average molecular weight is 256 g/mol. The van der Waals surface area contributed by atoms with Gasteiger partial charge in [0.2, 0.25) is 0 Å². The lowest BCUT2D eigenvalue weighted by Crippen LogP contribution is -2.17. The highest BCUT2D eigenvalue weighted by atomic mass is 16.5. The number of esters is 1. The van der Waals surface area contributed by atoms with Crippen LogP contribution in [0.2, 0.25) is 0 Å². The van der Waals surface area contributed by atoms with Crippen molar-refractivity contribution in [2.75, 3.05) is 0 Å². The Kier molecular flexibility index (Phi) is 12.5. The molecule has 2 heteroatoms. The molecule has 0 aromatic rings. The molecule has 108 valence electrons. The molecule has 18 heavy (non-hydrogen) atoms. The van der Waals surface area contributed by atoms with Gasteiger partial charge < -0.3 is 4.74 Å². The van der Waals surface area contributed by atoms with Crippen LogP contribution in [0, 0.1) is 0 Å². The summed E-state index contributed by atoms with van der Waals surface area (Å²) in [7, 11) is 0. The molecule has 0 saturated heterocycles. The molecule has 1 atom stereocenters. The molecule has 2 nitrogen and oxygen atoms in total. The second-order valence-corrected chi connectivity index (χ2v) is 5.18. The van der Waals surface area contributed by atoms with Gasteiger partial charge in [-0.3, -0.25) is 4.79 Å². The third-order valence-corrected chi connectivity index (χ3v) is 3.37. The van der Waals surface area contributed by atoms with Gasteiger partial charge in [0.05, 0.1) is 0 Å². The predicted molar refractivity (Wildman–Crippen MR) is 77.7 cm³/mol. The molecule has 0 aliphatic rings. The minimum atomic E-state index is 0.00782. The van der Waals surface area contributed by atoms with Gasteiger partial charge in [0.25, 0.3) is 0 Å². The van der Waals surface area contributed by atoms with Gasteiger partial charge in [-0.25, -0.2) is 0 Å². The van der Waals surface area contributed by atoms with Crippen molar-refractivity contribution in [3.05, 3.63) is 0 Å². The van der Waals surface area contributed by atoms with Crippen LogP contribution in [0.15, 0.2) is 0 Å². The van der Waals surface area contributed by atoms with Crippen molar-refractivity contribution in [1.82, 2.24) is 0 Å². The SMILES string of the molecule is CCCCCCC(=O)O[C@@H](CC)CCCCCC. The van der Waals surface area contributed by atoms with Crippen LogP contribution in [0.1, 0.15) is 91.4 Å². The number of carbonyl (C=O) groups excluding carboxylic acids is 1. The molecule has 0 saturated carbocycles. The van der Waals surface area contributed by atoms with Gasteiger partial charge in [-0.05, 0) is 25.7 Å². The largest absolute Gasteiger partial charge is 0.462 e. The number of hydrogen-bond donors (Lipinski definition) is 0. The third kappa shape index (κ3) is 10.6. The summed E-state index contributed by atoms with van der Waals surface area (Å²) < 4.78 is 5.52. The summed E-state index contributed by atoms with van der Waals surface area (Å²) in [6, 6.07) is 0. The fourth-order valence-electron chi connectivity index (χ4n) is 2.09. The third-order valence-electron chi connectivity index (χ3n) is 3.37. The Labute approximate surface area is 113 Å². The number of carbonyl (C=O) groups is 1. The maximum absolute atomic E-state index is 11.6. The molecule has 0 radical (unpaired) electrons. The molecule has 0 fully saturated rings. The first-order valence-electron chi connectivity index (χ1n) is 7.94. The predicted octanol–water partition coefficient (Wildman–Crippen LogP) is 5.25. The van der Waals surface area contributed by atoms with Gasteiger partial charge in [-0.1, -0.05) is 59.3 Å². The van der Waals surface area contributed by atoms with Crippen molar-refractivity contribution in [3.8, 4) is 0 Å². The molecule has 0 N–H and O–H groups in total. The summed E-state index contributed by atoms with van der Waals surface area (Å²) in [5, 5.41) is 0. The Balaban J connectivity index is 3.59. The first-order chi connectivity index (χ1) is 8.74. The normalized spacial score (nSPS) is 12.4. The first kappa shape index (κ1) is 17.5. The molecule has 0 unspecified atom stereocenters. The van der Waals surface area contributed by atoms with Crippen LogP contribution >= 0.6 is 0 Å². The van der Waals surface area contributed by atoms with Crippen LogP contribution in [0.3, 0.4) is 0 Å². The van der Waals surface area contributed by atoms with E-state index in [-0.39, 0.29) is 12.1 Å². The fraction of sp³-hybridized carbons (Fsp3) is 0.938. The van der Waals surface area contributed by atoms with E-state index in [4.69, 9.17) is 4.74 Å². The second kappa shape index (κ2) is 12.9. The van der Waals surface area contributed by atoms with E-state index < -0.39 is 0 Å². The minimum Gasteiger partial charge on any atom is -0.462 e. The molecule has 0 aliphatic carbocycles. The van der Waals surface area contributed by atoms with E-state index in [1.54, 1.807) is 0 Å². The molecule has 0 amide bonds. The Bertz CT molecular complexity index is 190. The molecule has 0 spiro atoms. The van der Waals surface area contributed by atoms with Crippen molar-refractivity contribution in [1.29, 1.82) is 0 Å². The Morgan fingerprint density at radius 2 is 1.50 bits per heavy atom.